The quantitative estimate of drug-likeness (QED) is 0.133. The summed E-state index contributed by atoms with van der Waals surface area (Å²) in [4.78, 5) is 15.3. The predicted molar refractivity (Wildman–Crippen MR) is 167 cm³/mol. The third-order valence-corrected chi connectivity index (χ3v) is 8.66. The van der Waals surface area contributed by atoms with Gasteiger partial charge in [-0.15, -0.1) is 12.4 Å². The Bertz CT molecular complexity index is 998. The van der Waals surface area contributed by atoms with E-state index >= 15 is 0 Å². The Hall–Kier alpha value is -2.22. The van der Waals surface area contributed by atoms with E-state index in [0.29, 0.717) is 5.56 Å². The lowest BCUT2D eigenvalue weighted by atomic mass is 9.74. The number of likely N-dealkylation sites (tertiary alicyclic amines) is 1. The molecule has 1 aliphatic heterocycles. The Morgan fingerprint density at radius 2 is 1.40 bits per heavy atom. The Morgan fingerprint density at radius 1 is 0.850 bits per heavy atom. The third-order valence-electron chi connectivity index (χ3n) is 8.66. The Balaban J connectivity index is 0.00000560. The highest BCUT2D eigenvalue weighted by Crippen LogP contribution is 2.35. The van der Waals surface area contributed by atoms with Gasteiger partial charge in [0.25, 0.3) is 0 Å². The van der Waals surface area contributed by atoms with Crippen molar-refractivity contribution in [2.24, 2.45) is 5.92 Å². The predicted octanol–water partition coefficient (Wildman–Crippen LogP) is 9.69. The number of ketones is 1. The van der Waals surface area contributed by atoms with Gasteiger partial charge in [-0.25, -0.2) is 4.39 Å². The van der Waals surface area contributed by atoms with Crippen LogP contribution in [0, 0.1) is 23.1 Å². The SMILES string of the molecule is CCCCCCCCCCCCC(C#N)(CCCN1CCC(C(=O)c2ccc(F)cc2)CC1)c1ccccc1.Cl. The van der Waals surface area contributed by atoms with E-state index in [1.165, 1.54) is 69.9 Å². The van der Waals surface area contributed by atoms with Crippen LogP contribution in [-0.4, -0.2) is 30.3 Å². The molecule has 1 aliphatic rings. The molecule has 0 aliphatic carbocycles. The summed E-state index contributed by atoms with van der Waals surface area (Å²) < 4.78 is 13.2. The molecule has 0 spiro atoms. The van der Waals surface area contributed by atoms with Gasteiger partial charge in [0.05, 0.1) is 11.5 Å². The first-order chi connectivity index (χ1) is 19.1. The number of nitriles is 1. The van der Waals surface area contributed by atoms with E-state index in [0.717, 1.165) is 63.7 Å². The smallest absolute Gasteiger partial charge is 0.166 e. The highest BCUT2D eigenvalue weighted by Gasteiger charge is 2.32. The van der Waals surface area contributed by atoms with E-state index in [2.05, 4.69) is 42.2 Å². The van der Waals surface area contributed by atoms with Gasteiger partial charge in [0.1, 0.15) is 5.82 Å². The molecule has 0 radical (unpaired) electrons. The normalized spacial score (nSPS) is 15.6. The van der Waals surface area contributed by atoms with Gasteiger partial charge in [-0.05, 0) is 81.6 Å². The van der Waals surface area contributed by atoms with Gasteiger partial charge in [-0.2, -0.15) is 5.26 Å². The molecule has 1 saturated heterocycles. The van der Waals surface area contributed by atoms with Gasteiger partial charge in [0, 0.05) is 11.5 Å². The third kappa shape index (κ3) is 11.0. The summed E-state index contributed by atoms with van der Waals surface area (Å²) in [5, 5.41) is 10.4. The average molecular weight is 569 g/mol. The van der Waals surface area contributed by atoms with Gasteiger partial charge < -0.3 is 4.90 Å². The lowest BCUT2D eigenvalue weighted by molar-refractivity contribution is 0.0838. The van der Waals surface area contributed by atoms with E-state index in [4.69, 9.17) is 0 Å². The Labute approximate surface area is 249 Å². The fourth-order valence-corrected chi connectivity index (χ4v) is 6.13. The summed E-state index contributed by atoms with van der Waals surface area (Å²) in [6.45, 7) is 5.04. The molecule has 0 saturated carbocycles. The van der Waals surface area contributed by atoms with Crippen molar-refractivity contribution in [3.05, 3.63) is 71.5 Å². The molecule has 40 heavy (non-hydrogen) atoms. The lowest BCUT2D eigenvalue weighted by Gasteiger charge is -2.33. The van der Waals surface area contributed by atoms with Crippen molar-refractivity contribution in [1.29, 1.82) is 5.26 Å². The number of unbranched alkanes of at least 4 members (excludes halogenated alkanes) is 9. The van der Waals surface area contributed by atoms with Crippen LogP contribution in [0.25, 0.3) is 0 Å². The van der Waals surface area contributed by atoms with Crippen molar-refractivity contribution in [3.8, 4) is 6.07 Å². The Morgan fingerprint density at radius 3 is 1.98 bits per heavy atom. The van der Waals surface area contributed by atoms with Crippen molar-refractivity contribution in [3.63, 3.8) is 0 Å². The summed E-state index contributed by atoms with van der Waals surface area (Å²) in [6, 6.07) is 19.1. The first-order valence-corrected chi connectivity index (χ1v) is 15.6. The zero-order valence-electron chi connectivity index (χ0n) is 24.6. The molecular weight excluding hydrogens is 519 g/mol. The number of carbonyl (C=O) groups excluding carboxylic acids is 1. The molecule has 3 rings (SSSR count). The van der Waals surface area contributed by atoms with Crippen LogP contribution >= 0.6 is 12.4 Å². The summed E-state index contributed by atoms with van der Waals surface area (Å²) in [5.74, 6) is -0.150. The van der Waals surface area contributed by atoms with Crippen LogP contribution in [0.4, 0.5) is 4.39 Å². The van der Waals surface area contributed by atoms with Crippen molar-refractivity contribution >= 4 is 18.2 Å². The summed E-state index contributed by atoms with van der Waals surface area (Å²) >= 11 is 0. The number of halogens is 2. The van der Waals surface area contributed by atoms with Crippen LogP contribution in [0.1, 0.15) is 119 Å². The van der Waals surface area contributed by atoms with Crippen molar-refractivity contribution in [2.75, 3.05) is 19.6 Å². The highest BCUT2D eigenvalue weighted by molar-refractivity contribution is 5.97. The second-order valence-corrected chi connectivity index (χ2v) is 11.6. The largest absolute Gasteiger partial charge is 0.303 e. The standard InChI is InChI=1S/C35H49FN2O.ClH/c1-2-3-4-5-6-7-8-9-10-14-24-35(29-37,32-16-12-11-13-17-32)25-15-26-38-27-22-31(23-28-38)34(39)30-18-20-33(36)21-19-30;/h11-13,16-21,31H,2-10,14-15,22-28H2,1H3;1H. The fourth-order valence-electron chi connectivity index (χ4n) is 6.13. The maximum absolute atomic E-state index is 13.2. The van der Waals surface area contributed by atoms with E-state index in [1.807, 2.05) is 6.07 Å². The number of nitrogens with zero attached hydrogens (tertiary/aromatic N) is 2. The second-order valence-electron chi connectivity index (χ2n) is 11.6. The van der Waals surface area contributed by atoms with E-state index in [9.17, 15) is 14.4 Å². The molecule has 1 fully saturated rings. The molecule has 1 heterocycles. The van der Waals surface area contributed by atoms with Crippen LogP contribution in [0.3, 0.4) is 0 Å². The number of piperidine rings is 1. The molecule has 0 aromatic heterocycles. The summed E-state index contributed by atoms with van der Waals surface area (Å²) in [5.41, 5.74) is 1.36. The van der Waals surface area contributed by atoms with Crippen LogP contribution in [0.15, 0.2) is 54.6 Å². The number of rotatable bonds is 18. The molecule has 1 unspecified atom stereocenters. The molecule has 0 bridgehead atoms. The molecule has 5 heteroatoms. The monoisotopic (exact) mass is 568 g/mol. The topological polar surface area (TPSA) is 44.1 Å². The maximum Gasteiger partial charge on any atom is 0.166 e. The van der Waals surface area contributed by atoms with Gasteiger partial charge in [-0.3, -0.25) is 4.79 Å². The molecule has 220 valence electrons. The van der Waals surface area contributed by atoms with Crippen molar-refractivity contribution < 1.29 is 9.18 Å². The lowest BCUT2D eigenvalue weighted by Crippen LogP contribution is -2.37. The zero-order chi connectivity index (χ0) is 27.8. The van der Waals surface area contributed by atoms with Gasteiger partial charge in [0.2, 0.25) is 0 Å². The first-order valence-electron chi connectivity index (χ1n) is 15.6. The number of hydrogen-bond acceptors (Lipinski definition) is 3. The van der Waals surface area contributed by atoms with Crippen LogP contribution in [0.2, 0.25) is 0 Å². The van der Waals surface area contributed by atoms with Crippen molar-refractivity contribution in [1.82, 2.24) is 4.90 Å². The van der Waals surface area contributed by atoms with Crippen molar-refractivity contribution in [2.45, 2.75) is 109 Å². The highest BCUT2D eigenvalue weighted by atomic mass is 35.5. The molecule has 0 amide bonds. The minimum Gasteiger partial charge on any atom is -0.303 e. The second kappa shape index (κ2) is 19.0. The number of hydrogen-bond donors (Lipinski definition) is 0. The summed E-state index contributed by atoms with van der Waals surface area (Å²) in [6.07, 6.45) is 17.5. The van der Waals surface area contributed by atoms with Crippen LogP contribution < -0.4 is 0 Å². The number of benzene rings is 2. The van der Waals surface area contributed by atoms with Gasteiger partial charge in [-0.1, -0.05) is 101 Å². The zero-order valence-corrected chi connectivity index (χ0v) is 25.4. The van der Waals surface area contributed by atoms with E-state index in [1.54, 1.807) is 12.1 Å². The molecule has 2 aromatic carbocycles. The summed E-state index contributed by atoms with van der Waals surface area (Å²) in [7, 11) is 0. The first kappa shape index (κ1) is 34.0. The molecular formula is C35H50ClFN2O. The molecule has 3 nitrogen and oxygen atoms in total. The molecule has 1 atom stereocenters. The maximum atomic E-state index is 13.2. The van der Waals surface area contributed by atoms with E-state index < -0.39 is 5.41 Å². The fraction of sp³-hybridized carbons (Fsp3) is 0.600. The van der Waals surface area contributed by atoms with Gasteiger partial charge >= 0.3 is 0 Å². The minimum absolute atomic E-state index is 0. The van der Waals surface area contributed by atoms with Gasteiger partial charge in [0.15, 0.2) is 5.78 Å². The minimum atomic E-state index is -0.418. The van der Waals surface area contributed by atoms with Crippen LogP contribution in [-0.2, 0) is 5.41 Å². The molecule has 0 N–H and O–H groups in total. The van der Waals surface area contributed by atoms with Crippen LogP contribution in [0.5, 0.6) is 0 Å². The van der Waals surface area contributed by atoms with E-state index in [-0.39, 0.29) is 29.9 Å². The number of Topliss-reactive ketones (excluding diaryl/α,β-unsaturated/α-hetero) is 1. The molecule has 2 aromatic rings. The Kier molecular flexibility index (Phi) is 16.1. The number of carbonyl (C=O) groups is 1. The average Bonchev–Trinajstić information content (AvgIpc) is 2.98.